The molecule has 0 fully saturated rings. The minimum absolute atomic E-state index is 0.0528. The Hall–Kier alpha value is -2.22. The fraction of sp³-hybridized carbons (Fsp3) is 0.529. The van der Waals surface area contributed by atoms with Gasteiger partial charge >= 0.3 is 0 Å². The van der Waals surface area contributed by atoms with Crippen LogP contribution in [0.2, 0.25) is 0 Å². The van der Waals surface area contributed by atoms with Crippen molar-refractivity contribution >= 4 is 33.4 Å². The quantitative estimate of drug-likeness (QED) is 0.767. The zero-order valence-electron chi connectivity index (χ0n) is 15.0. The molecule has 2 rings (SSSR count). The first kappa shape index (κ1) is 19.1. The van der Waals surface area contributed by atoms with E-state index in [4.69, 9.17) is 0 Å². The summed E-state index contributed by atoms with van der Waals surface area (Å²) in [6.07, 6.45) is 2.88. The Labute approximate surface area is 150 Å². The number of carbonyl (C=O) groups is 2. The van der Waals surface area contributed by atoms with E-state index in [0.717, 1.165) is 16.0 Å². The summed E-state index contributed by atoms with van der Waals surface area (Å²) in [6.45, 7) is 7.93. The molecule has 0 saturated heterocycles. The predicted molar refractivity (Wildman–Crippen MR) is 99.3 cm³/mol. The van der Waals surface area contributed by atoms with Crippen LogP contribution in [0, 0.1) is 5.41 Å². The van der Waals surface area contributed by atoms with Crippen LogP contribution in [-0.2, 0) is 16.0 Å². The average Bonchev–Trinajstić information content (AvgIpc) is 2.97. The molecule has 0 atom stereocenters. The second-order valence-corrected chi connectivity index (χ2v) is 7.96. The molecular formula is C17H24N4O3S. The molecule has 0 bridgehead atoms. The smallest absolute Gasteiger partial charge is 0.280 e. The van der Waals surface area contributed by atoms with Crippen LogP contribution in [0.15, 0.2) is 17.2 Å². The Balaban J connectivity index is 1.90. The fourth-order valence-corrected chi connectivity index (χ4v) is 3.06. The summed E-state index contributed by atoms with van der Waals surface area (Å²) in [5, 5.41) is 3.30. The molecule has 0 unspecified atom stereocenters. The van der Waals surface area contributed by atoms with Crippen LogP contribution in [0.1, 0.15) is 45.4 Å². The third-order valence-corrected chi connectivity index (χ3v) is 4.83. The first-order valence-electron chi connectivity index (χ1n) is 8.30. The largest absolute Gasteiger partial charge is 0.356 e. The van der Waals surface area contributed by atoms with Gasteiger partial charge in [-0.3, -0.25) is 19.8 Å². The summed E-state index contributed by atoms with van der Waals surface area (Å²) >= 11 is 1.48. The van der Waals surface area contributed by atoms with Crippen LogP contribution in [0.25, 0.3) is 10.2 Å². The van der Waals surface area contributed by atoms with Crippen LogP contribution < -0.4 is 16.3 Å². The van der Waals surface area contributed by atoms with Crippen LogP contribution in [0.4, 0.5) is 0 Å². The molecule has 2 amide bonds. The van der Waals surface area contributed by atoms with Gasteiger partial charge in [-0.2, -0.15) is 0 Å². The number of rotatable bonds is 6. The van der Waals surface area contributed by atoms with Crippen LogP contribution in [0.5, 0.6) is 0 Å². The molecule has 2 N–H and O–H groups in total. The van der Waals surface area contributed by atoms with E-state index in [2.05, 4.69) is 15.7 Å². The highest BCUT2D eigenvalue weighted by atomic mass is 32.1. The molecule has 0 aliphatic rings. The molecule has 2 heterocycles. The molecule has 8 heteroatoms. The van der Waals surface area contributed by atoms with Crippen molar-refractivity contribution in [3.8, 4) is 0 Å². The summed E-state index contributed by atoms with van der Waals surface area (Å²) in [4.78, 5) is 42.1. The Morgan fingerprint density at radius 2 is 2.04 bits per heavy atom. The lowest BCUT2D eigenvalue weighted by Gasteiger charge is -2.17. The zero-order chi connectivity index (χ0) is 18.6. The van der Waals surface area contributed by atoms with E-state index < -0.39 is 5.41 Å². The van der Waals surface area contributed by atoms with Gasteiger partial charge in [0.1, 0.15) is 11.2 Å². The summed E-state index contributed by atoms with van der Waals surface area (Å²) in [6, 6.07) is 1.82. The molecule has 0 radical (unpaired) electrons. The van der Waals surface area contributed by atoms with Crippen molar-refractivity contribution in [2.45, 2.75) is 47.0 Å². The molecule has 0 spiro atoms. The highest BCUT2D eigenvalue weighted by Gasteiger charge is 2.20. The topological polar surface area (TPSA) is 93.1 Å². The maximum atomic E-state index is 12.4. The van der Waals surface area contributed by atoms with E-state index in [1.54, 1.807) is 0 Å². The van der Waals surface area contributed by atoms with Crippen molar-refractivity contribution in [1.82, 2.24) is 15.0 Å². The summed E-state index contributed by atoms with van der Waals surface area (Å²) in [5.74, 6) is -0.345. The molecule has 25 heavy (non-hydrogen) atoms. The molecule has 0 aromatic carbocycles. The van der Waals surface area contributed by atoms with Gasteiger partial charge < -0.3 is 5.32 Å². The van der Waals surface area contributed by atoms with E-state index in [1.165, 1.54) is 17.7 Å². The molecule has 2 aromatic heterocycles. The normalized spacial score (nSPS) is 11.5. The standard InChI is InChI=1S/C17H24N4O3S/c1-5-11-9-12-14(25-11)19-10-21(15(12)23)20-13(22)7-6-8-18-16(24)17(2,3)4/h9-10H,5-8H2,1-4H3,(H,18,24)(H,20,22). The first-order chi connectivity index (χ1) is 11.7. The van der Waals surface area contributed by atoms with Crippen molar-refractivity contribution in [3.63, 3.8) is 0 Å². The van der Waals surface area contributed by atoms with E-state index in [-0.39, 0.29) is 23.8 Å². The molecular weight excluding hydrogens is 340 g/mol. The van der Waals surface area contributed by atoms with E-state index in [1.807, 2.05) is 33.8 Å². The highest BCUT2D eigenvalue weighted by Crippen LogP contribution is 2.20. The minimum Gasteiger partial charge on any atom is -0.356 e. The average molecular weight is 364 g/mol. The van der Waals surface area contributed by atoms with Gasteiger partial charge in [-0.05, 0) is 18.9 Å². The lowest BCUT2D eigenvalue weighted by atomic mass is 9.96. The van der Waals surface area contributed by atoms with Crippen LogP contribution in [-0.4, -0.2) is 28.0 Å². The third kappa shape index (κ3) is 4.88. The Kier molecular flexibility index (Phi) is 5.94. The zero-order valence-corrected chi connectivity index (χ0v) is 15.8. The Morgan fingerprint density at radius 1 is 1.32 bits per heavy atom. The summed E-state index contributed by atoms with van der Waals surface area (Å²) < 4.78 is 1.12. The summed E-state index contributed by atoms with van der Waals surface area (Å²) in [7, 11) is 0. The monoisotopic (exact) mass is 364 g/mol. The number of aromatic nitrogens is 2. The predicted octanol–water partition coefficient (Wildman–Crippen LogP) is 2.03. The number of fused-ring (bicyclic) bond motifs is 1. The number of aryl methyl sites for hydroxylation is 1. The SMILES string of the molecule is CCc1cc2c(=O)n(NC(=O)CCCNC(=O)C(C)(C)C)cnc2s1. The van der Waals surface area contributed by atoms with Gasteiger partial charge in [0.2, 0.25) is 11.8 Å². The number of carbonyl (C=O) groups excluding carboxylic acids is 2. The second kappa shape index (κ2) is 7.77. The number of thiophene rings is 1. The number of nitrogens with zero attached hydrogens (tertiary/aromatic N) is 2. The van der Waals surface area contributed by atoms with Gasteiger partial charge in [-0.1, -0.05) is 27.7 Å². The van der Waals surface area contributed by atoms with Gasteiger partial charge in [0.15, 0.2) is 0 Å². The number of nitrogens with one attached hydrogen (secondary N) is 2. The number of hydrogen-bond acceptors (Lipinski definition) is 5. The van der Waals surface area contributed by atoms with Gasteiger partial charge in [0.25, 0.3) is 5.56 Å². The van der Waals surface area contributed by atoms with Crippen LogP contribution >= 0.6 is 11.3 Å². The molecule has 0 aliphatic heterocycles. The second-order valence-electron chi connectivity index (χ2n) is 6.85. The van der Waals surface area contributed by atoms with Gasteiger partial charge in [0.05, 0.1) is 5.39 Å². The summed E-state index contributed by atoms with van der Waals surface area (Å²) in [5.41, 5.74) is 1.81. The van der Waals surface area contributed by atoms with Crippen molar-refractivity contribution in [3.05, 3.63) is 27.6 Å². The van der Waals surface area contributed by atoms with Gasteiger partial charge in [-0.15, -0.1) is 11.3 Å². The molecule has 0 aliphatic carbocycles. The van der Waals surface area contributed by atoms with E-state index >= 15 is 0 Å². The lowest BCUT2D eigenvalue weighted by Crippen LogP contribution is -2.36. The van der Waals surface area contributed by atoms with Gasteiger partial charge in [0, 0.05) is 23.3 Å². The molecule has 2 aromatic rings. The van der Waals surface area contributed by atoms with Crippen molar-refractivity contribution in [2.75, 3.05) is 12.0 Å². The molecule has 0 saturated carbocycles. The first-order valence-corrected chi connectivity index (χ1v) is 9.12. The highest BCUT2D eigenvalue weighted by molar-refractivity contribution is 7.18. The van der Waals surface area contributed by atoms with Crippen molar-refractivity contribution < 1.29 is 9.59 Å². The van der Waals surface area contributed by atoms with Crippen molar-refractivity contribution in [2.24, 2.45) is 5.41 Å². The third-order valence-electron chi connectivity index (χ3n) is 3.64. The fourth-order valence-electron chi connectivity index (χ4n) is 2.13. The van der Waals surface area contributed by atoms with E-state index in [0.29, 0.717) is 23.2 Å². The number of hydrogen-bond donors (Lipinski definition) is 2. The van der Waals surface area contributed by atoms with Crippen LogP contribution in [0.3, 0.4) is 0 Å². The Bertz CT molecular complexity index is 833. The Morgan fingerprint density at radius 3 is 2.68 bits per heavy atom. The molecule has 136 valence electrons. The minimum atomic E-state index is -0.450. The maximum Gasteiger partial charge on any atom is 0.280 e. The molecule has 7 nitrogen and oxygen atoms in total. The van der Waals surface area contributed by atoms with Crippen molar-refractivity contribution in [1.29, 1.82) is 0 Å². The van der Waals surface area contributed by atoms with E-state index in [9.17, 15) is 14.4 Å². The maximum absolute atomic E-state index is 12.4. The van der Waals surface area contributed by atoms with Gasteiger partial charge in [-0.25, -0.2) is 9.66 Å². The lowest BCUT2D eigenvalue weighted by molar-refractivity contribution is -0.128. The number of amides is 2.